The molecule has 9 nitrogen and oxygen atoms in total. The van der Waals surface area contributed by atoms with E-state index in [1.54, 1.807) is 33.2 Å². The Bertz CT molecular complexity index is 1120. The monoisotopic (exact) mass is 422 g/mol. The fraction of sp³-hybridized carbons (Fsp3) is 0.409. The van der Waals surface area contributed by atoms with E-state index in [0.717, 1.165) is 43.0 Å². The van der Waals surface area contributed by atoms with E-state index < -0.39 is 17.5 Å². The van der Waals surface area contributed by atoms with E-state index in [1.165, 1.54) is 4.68 Å². The Morgan fingerprint density at radius 3 is 2.39 bits per heavy atom. The summed E-state index contributed by atoms with van der Waals surface area (Å²) >= 11 is 0. The van der Waals surface area contributed by atoms with Crippen molar-refractivity contribution in [1.82, 2.24) is 19.7 Å². The highest BCUT2D eigenvalue weighted by Gasteiger charge is 2.21. The molecule has 1 aliphatic heterocycles. The summed E-state index contributed by atoms with van der Waals surface area (Å²) in [7, 11) is 0. The predicted octanol–water partition coefficient (Wildman–Crippen LogP) is 2.53. The zero-order valence-corrected chi connectivity index (χ0v) is 18.0. The summed E-state index contributed by atoms with van der Waals surface area (Å²) in [6.07, 6.45) is 5.86. The first kappa shape index (κ1) is 20.8. The van der Waals surface area contributed by atoms with E-state index >= 15 is 0 Å². The van der Waals surface area contributed by atoms with Gasteiger partial charge in [-0.3, -0.25) is 14.3 Å². The normalized spacial score (nSPS) is 14.2. The molecule has 0 spiro atoms. The standard InChI is InChI=1S/C22H26N6O3/c1-22(2,3)31-18(29)13-28-17-7-6-14(10-16(17)19(26-28)20(23)30)15-11-24-21(25-12-15)27-8-4-5-9-27/h6-7,10-12H,4-5,8-9,13H2,1-3H3,(H2,23,30). The molecular formula is C22H26N6O3. The number of carbonyl (C=O) groups is 2. The zero-order valence-electron chi connectivity index (χ0n) is 18.0. The number of benzene rings is 1. The van der Waals surface area contributed by atoms with Gasteiger partial charge in [0, 0.05) is 36.4 Å². The van der Waals surface area contributed by atoms with E-state index in [4.69, 9.17) is 10.5 Å². The molecule has 4 rings (SSSR count). The van der Waals surface area contributed by atoms with Gasteiger partial charge < -0.3 is 15.4 Å². The minimum atomic E-state index is -0.661. The number of aromatic nitrogens is 4. The van der Waals surface area contributed by atoms with Crippen LogP contribution < -0.4 is 10.6 Å². The molecule has 0 saturated carbocycles. The second kappa shape index (κ2) is 7.98. The number of nitrogens with zero attached hydrogens (tertiary/aromatic N) is 5. The van der Waals surface area contributed by atoms with Gasteiger partial charge in [0.25, 0.3) is 5.91 Å². The lowest BCUT2D eigenvalue weighted by atomic mass is 10.1. The molecule has 3 aromatic rings. The van der Waals surface area contributed by atoms with Gasteiger partial charge in [0.1, 0.15) is 12.1 Å². The Labute approximate surface area is 180 Å². The summed E-state index contributed by atoms with van der Waals surface area (Å²) in [6, 6.07) is 5.51. The molecule has 0 bridgehead atoms. The fourth-order valence-corrected chi connectivity index (χ4v) is 3.71. The Kier molecular flexibility index (Phi) is 5.34. The van der Waals surface area contributed by atoms with Gasteiger partial charge in [-0.15, -0.1) is 0 Å². The third-order valence-corrected chi connectivity index (χ3v) is 5.04. The maximum absolute atomic E-state index is 12.3. The first-order chi connectivity index (χ1) is 14.7. The average molecular weight is 422 g/mol. The SMILES string of the molecule is CC(C)(C)OC(=O)Cn1nc(C(N)=O)c2cc(-c3cnc(N4CCCC4)nc3)ccc21. The van der Waals surface area contributed by atoms with E-state index in [-0.39, 0.29) is 12.2 Å². The van der Waals surface area contributed by atoms with E-state index in [2.05, 4.69) is 20.0 Å². The highest BCUT2D eigenvalue weighted by molar-refractivity contribution is 6.05. The molecule has 1 amide bonds. The molecule has 1 aliphatic rings. The van der Waals surface area contributed by atoms with Crippen molar-refractivity contribution >= 4 is 28.7 Å². The Hall–Kier alpha value is -3.49. The first-order valence-electron chi connectivity index (χ1n) is 10.3. The molecule has 0 unspecified atom stereocenters. The van der Waals surface area contributed by atoms with Crippen molar-refractivity contribution in [2.75, 3.05) is 18.0 Å². The minimum absolute atomic E-state index is 0.106. The number of ether oxygens (including phenoxy) is 1. The maximum atomic E-state index is 12.3. The molecule has 2 N–H and O–H groups in total. The highest BCUT2D eigenvalue weighted by Crippen LogP contribution is 2.27. The van der Waals surface area contributed by atoms with Crippen molar-refractivity contribution in [2.45, 2.75) is 45.8 Å². The zero-order chi connectivity index (χ0) is 22.2. The highest BCUT2D eigenvalue weighted by atomic mass is 16.6. The Morgan fingerprint density at radius 1 is 1.10 bits per heavy atom. The van der Waals surface area contributed by atoms with Crippen LogP contribution in [0.3, 0.4) is 0 Å². The van der Waals surface area contributed by atoms with Crippen LogP contribution in [0.2, 0.25) is 0 Å². The number of rotatable bonds is 5. The van der Waals surface area contributed by atoms with Crippen molar-refractivity contribution in [2.24, 2.45) is 5.73 Å². The molecule has 0 aliphatic carbocycles. The smallest absolute Gasteiger partial charge is 0.328 e. The summed E-state index contributed by atoms with van der Waals surface area (Å²) in [5.74, 6) is -0.376. The van der Waals surface area contributed by atoms with E-state index in [9.17, 15) is 9.59 Å². The molecule has 0 atom stereocenters. The molecule has 1 fully saturated rings. The van der Waals surface area contributed by atoms with Gasteiger partial charge >= 0.3 is 5.97 Å². The summed E-state index contributed by atoms with van der Waals surface area (Å²) in [4.78, 5) is 35.4. The number of esters is 1. The molecule has 2 aromatic heterocycles. The molecule has 1 saturated heterocycles. The molecular weight excluding hydrogens is 396 g/mol. The van der Waals surface area contributed by atoms with Crippen molar-refractivity contribution in [3.8, 4) is 11.1 Å². The van der Waals surface area contributed by atoms with Crippen molar-refractivity contribution < 1.29 is 14.3 Å². The Morgan fingerprint density at radius 2 is 1.77 bits per heavy atom. The summed E-state index contributed by atoms with van der Waals surface area (Å²) < 4.78 is 6.81. The summed E-state index contributed by atoms with van der Waals surface area (Å²) in [6.45, 7) is 7.22. The van der Waals surface area contributed by atoms with Crippen LogP contribution in [-0.4, -0.2) is 50.3 Å². The molecule has 31 heavy (non-hydrogen) atoms. The number of primary amides is 1. The van der Waals surface area contributed by atoms with Crippen LogP contribution >= 0.6 is 0 Å². The van der Waals surface area contributed by atoms with Crippen LogP contribution in [0.4, 0.5) is 5.95 Å². The van der Waals surface area contributed by atoms with Gasteiger partial charge in [0.05, 0.1) is 5.52 Å². The van der Waals surface area contributed by atoms with E-state index in [0.29, 0.717) is 10.9 Å². The van der Waals surface area contributed by atoms with Crippen molar-refractivity contribution in [3.05, 3.63) is 36.3 Å². The number of amides is 1. The maximum Gasteiger partial charge on any atom is 0.328 e. The van der Waals surface area contributed by atoms with Crippen LogP contribution in [0, 0.1) is 0 Å². The van der Waals surface area contributed by atoms with Gasteiger partial charge in [0.2, 0.25) is 5.95 Å². The molecule has 1 aromatic carbocycles. The van der Waals surface area contributed by atoms with Crippen LogP contribution in [0.25, 0.3) is 22.0 Å². The second-order valence-corrected chi connectivity index (χ2v) is 8.65. The fourth-order valence-electron chi connectivity index (χ4n) is 3.71. The quantitative estimate of drug-likeness (QED) is 0.628. The lowest BCUT2D eigenvalue weighted by molar-refractivity contribution is -0.155. The molecule has 162 valence electrons. The number of carbonyl (C=O) groups excluding carboxylic acids is 2. The Balaban J connectivity index is 1.66. The summed E-state index contributed by atoms with van der Waals surface area (Å²) in [5.41, 5.74) is 7.32. The van der Waals surface area contributed by atoms with Gasteiger partial charge in [-0.1, -0.05) is 6.07 Å². The number of hydrogen-bond donors (Lipinski definition) is 1. The lowest BCUT2D eigenvalue weighted by Gasteiger charge is -2.19. The van der Waals surface area contributed by atoms with Gasteiger partial charge in [-0.05, 0) is 51.3 Å². The van der Waals surface area contributed by atoms with Crippen LogP contribution in [0.1, 0.15) is 44.1 Å². The lowest BCUT2D eigenvalue weighted by Crippen LogP contribution is -2.27. The van der Waals surface area contributed by atoms with Crippen molar-refractivity contribution in [1.29, 1.82) is 0 Å². The third kappa shape index (κ3) is 4.50. The van der Waals surface area contributed by atoms with Crippen molar-refractivity contribution in [3.63, 3.8) is 0 Å². The largest absolute Gasteiger partial charge is 0.459 e. The number of hydrogen-bond acceptors (Lipinski definition) is 7. The topological polar surface area (TPSA) is 116 Å². The predicted molar refractivity (Wildman–Crippen MR) is 117 cm³/mol. The molecule has 0 radical (unpaired) electrons. The second-order valence-electron chi connectivity index (χ2n) is 8.65. The molecule has 3 heterocycles. The molecule has 9 heteroatoms. The van der Waals surface area contributed by atoms with Gasteiger partial charge in [0.15, 0.2) is 5.69 Å². The number of fused-ring (bicyclic) bond motifs is 1. The van der Waals surface area contributed by atoms with Crippen LogP contribution in [-0.2, 0) is 16.1 Å². The first-order valence-corrected chi connectivity index (χ1v) is 10.3. The number of nitrogens with two attached hydrogens (primary N) is 1. The number of anilines is 1. The van der Waals surface area contributed by atoms with Crippen LogP contribution in [0.5, 0.6) is 0 Å². The minimum Gasteiger partial charge on any atom is -0.459 e. The van der Waals surface area contributed by atoms with Gasteiger partial charge in [-0.2, -0.15) is 5.10 Å². The van der Waals surface area contributed by atoms with Crippen LogP contribution in [0.15, 0.2) is 30.6 Å². The van der Waals surface area contributed by atoms with E-state index in [1.807, 2.05) is 18.2 Å². The van der Waals surface area contributed by atoms with Gasteiger partial charge in [-0.25, -0.2) is 9.97 Å². The third-order valence-electron chi connectivity index (χ3n) is 5.04. The summed E-state index contributed by atoms with van der Waals surface area (Å²) in [5, 5.41) is 4.83. The average Bonchev–Trinajstić information content (AvgIpc) is 3.35.